The van der Waals surface area contributed by atoms with Gasteiger partial charge in [0.1, 0.15) is 0 Å². The average molecular weight is 250 g/mol. The monoisotopic (exact) mass is 250 g/mol. The van der Waals surface area contributed by atoms with E-state index in [-0.39, 0.29) is 10.8 Å². The maximum absolute atomic E-state index is 12.6. The topological polar surface area (TPSA) is 20.2 Å². The zero-order chi connectivity index (χ0) is 12.3. The molecule has 5 heteroatoms. The second kappa shape index (κ2) is 5.10. The Labute approximate surface area is 96.7 Å². The van der Waals surface area contributed by atoms with Crippen LogP contribution in [0.25, 0.3) is 0 Å². The SMILES string of the molecule is CC(C)Sc1ccc(CO)c(C(F)(F)F)c1. The molecular weight excluding hydrogens is 237 g/mol. The van der Waals surface area contributed by atoms with Crippen molar-refractivity contribution in [1.29, 1.82) is 0 Å². The van der Waals surface area contributed by atoms with Gasteiger partial charge in [-0.2, -0.15) is 13.2 Å². The highest BCUT2D eigenvalue weighted by molar-refractivity contribution is 7.99. The molecule has 1 nitrogen and oxygen atoms in total. The molecule has 0 atom stereocenters. The third kappa shape index (κ3) is 3.42. The van der Waals surface area contributed by atoms with Crippen molar-refractivity contribution < 1.29 is 18.3 Å². The molecule has 0 unspecified atom stereocenters. The molecule has 1 rings (SSSR count). The summed E-state index contributed by atoms with van der Waals surface area (Å²) in [5, 5.41) is 9.07. The Morgan fingerprint density at radius 3 is 2.38 bits per heavy atom. The van der Waals surface area contributed by atoms with Crippen LogP contribution in [-0.2, 0) is 12.8 Å². The van der Waals surface area contributed by atoms with E-state index in [4.69, 9.17) is 5.11 Å². The molecule has 0 aliphatic carbocycles. The third-order valence-electron chi connectivity index (χ3n) is 1.93. The number of thioether (sulfide) groups is 1. The minimum absolute atomic E-state index is 0.0828. The predicted molar refractivity (Wildman–Crippen MR) is 58.4 cm³/mol. The molecule has 1 aromatic rings. The molecule has 0 bridgehead atoms. The third-order valence-corrected chi connectivity index (χ3v) is 2.93. The van der Waals surface area contributed by atoms with E-state index in [2.05, 4.69) is 0 Å². The van der Waals surface area contributed by atoms with Crippen molar-refractivity contribution in [2.45, 2.75) is 36.8 Å². The van der Waals surface area contributed by atoms with E-state index in [9.17, 15) is 13.2 Å². The van der Waals surface area contributed by atoms with Gasteiger partial charge in [-0.25, -0.2) is 0 Å². The predicted octanol–water partition coefficient (Wildman–Crippen LogP) is 3.70. The van der Waals surface area contributed by atoms with Crippen LogP contribution >= 0.6 is 11.8 Å². The molecule has 0 amide bonds. The molecule has 90 valence electrons. The van der Waals surface area contributed by atoms with Crippen LogP contribution in [0.3, 0.4) is 0 Å². The first-order chi connectivity index (χ1) is 7.34. The summed E-state index contributed by atoms with van der Waals surface area (Å²) in [5.41, 5.74) is -0.832. The Morgan fingerprint density at radius 2 is 1.94 bits per heavy atom. The van der Waals surface area contributed by atoms with E-state index in [1.54, 1.807) is 6.07 Å². The van der Waals surface area contributed by atoms with Gasteiger partial charge >= 0.3 is 6.18 Å². The molecule has 0 radical (unpaired) electrons. The fourth-order valence-corrected chi connectivity index (χ4v) is 2.18. The first kappa shape index (κ1) is 13.4. The number of alkyl halides is 3. The highest BCUT2D eigenvalue weighted by Gasteiger charge is 2.33. The lowest BCUT2D eigenvalue weighted by Crippen LogP contribution is -2.09. The number of aliphatic hydroxyl groups excluding tert-OH is 1. The Bertz CT molecular complexity index is 361. The van der Waals surface area contributed by atoms with Crippen molar-refractivity contribution >= 4 is 11.8 Å². The van der Waals surface area contributed by atoms with Crippen molar-refractivity contribution in [3.05, 3.63) is 29.3 Å². The summed E-state index contributed by atoms with van der Waals surface area (Å²) in [6.07, 6.45) is -4.41. The van der Waals surface area contributed by atoms with Gasteiger partial charge in [-0.05, 0) is 17.7 Å². The fraction of sp³-hybridized carbons (Fsp3) is 0.455. The van der Waals surface area contributed by atoms with Crippen LogP contribution in [-0.4, -0.2) is 10.4 Å². The summed E-state index contributed by atoms with van der Waals surface area (Å²) in [5.74, 6) is 0. The van der Waals surface area contributed by atoms with E-state index in [0.717, 1.165) is 6.07 Å². The molecule has 0 aliphatic rings. The average Bonchev–Trinajstić information content (AvgIpc) is 2.15. The van der Waals surface area contributed by atoms with E-state index < -0.39 is 18.3 Å². The summed E-state index contributed by atoms with van der Waals surface area (Å²) in [6, 6.07) is 4.02. The van der Waals surface area contributed by atoms with Crippen molar-refractivity contribution in [3.8, 4) is 0 Å². The van der Waals surface area contributed by atoms with Gasteiger partial charge in [0.05, 0.1) is 12.2 Å². The van der Waals surface area contributed by atoms with Crippen LogP contribution in [0.1, 0.15) is 25.0 Å². The molecular formula is C11H13F3OS. The van der Waals surface area contributed by atoms with Crippen molar-refractivity contribution in [1.82, 2.24) is 0 Å². The fourth-order valence-electron chi connectivity index (χ4n) is 1.30. The number of hydrogen-bond acceptors (Lipinski definition) is 2. The van der Waals surface area contributed by atoms with Crippen molar-refractivity contribution in [3.63, 3.8) is 0 Å². The first-order valence-electron chi connectivity index (χ1n) is 4.82. The lowest BCUT2D eigenvalue weighted by Gasteiger charge is -2.13. The Balaban J connectivity index is 3.12. The van der Waals surface area contributed by atoms with Crippen LogP contribution in [0.4, 0.5) is 13.2 Å². The van der Waals surface area contributed by atoms with Gasteiger partial charge in [0.25, 0.3) is 0 Å². The molecule has 0 fully saturated rings. The summed E-state index contributed by atoms with van der Waals surface area (Å²) >= 11 is 1.37. The molecule has 1 N–H and O–H groups in total. The van der Waals surface area contributed by atoms with Gasteiger partial charge in [-0.15, -0.1) is 11.8 Å². The van der Waals surface area contributed by atoms with E-state index in [0.29, 0.717) is 4.90 Å². The Hall–Kier alpha value is -0.680. The Morgan fingerprint density at radius 1 is 1.31 bits per heavy atom. The summed E-state index contributed by atoms with van der Waals surface area (Å²) in [6.45, 7) is 3.23. The lowest BCUT2D eigenvalue weighted by molar-refractivity contribution is -0.138. The highest BCUT2D eigenvalue weighted by atomic mass is 32.2. The minimum atomic E-state index is -4.41. The number of hydrogen-bond donors (Lipinski definition) is 1. The second-order valence-corrected chi connectivity index (χ2v) is 5.29. The number of halogens is 3. The summed E-state index contributed by atoms with van der Waals surface area (Å²) in [4.78, 5) is 0.569. The van der Waals surface area contributed by atoms with E-state index in [1.807, 2.05) is 13.8 Å². The van der Waals surface area contributed by atoms with Gasteiger partial charge in [-0.3, -0.25) is 0 Å². The number of benzene rings is 1. The standard InChI is InChI=1S/C11H13F3OS/c1-7(2)16-9-4-3-8(6-15)10(5-9)11(12,13)14/h3-5,7,15H,6H2,1-2H3. The highest BCUT2D eigenvalue weighted by Crippen LogP contribution is 2.35. The summed E-state index contributed by atoms with van der Waals surface area (Å²) in [7, 11) is 0. The maximum Gasteiger partial charge on any atom is 0.416 e. The zero-order valence-electron chi connectivity index (χ0n) is 9.01. The first-order valence-corrected chi connectivity index (χ1v) is 5.70. The molecule has 1 aromatic carbocycles. The van der Waals surface area contributed by atoms with Gasteiger partial charge in [-0.1, -0.05) is 19.9 Å². The molecule has 0 saturated heterocycles. The summed E-state index contributed by atoms with van der Waals surface area (Å²) < 4.78 is 37.9. The Kier molecular flexibility index (Phi) is 4.27. The van der Waals surface area contributed by atoms with Gasteiger partial charge in [0, 0.05) is 10.1 Å². The van der Waals surface area contributed by atoms with Crippen molar-refractivity contribution in [2.24, 2.45) is 0 Å². The molecule has 16 heavy (non-hydrogen) atoms. The smallest absolute Gasteiger partial charge is 0.392 e. The van der Waals surface area contributed by atoms with E-state index >= 15 is 0 Å². The van der Waals surface area contributed by atoms with Crippen LogP contribution < -0.4 is 0 Å². The van der Waals surface area contributed by atoms with Crippen LogP contribution in [0, 0.1) is 0 Å². The zero-order valence-corrected chi connectivity index (χ0v) is 9.82. The quantitative estimate of drug-likeness (QED) is 0.825. The van der Waals surface area contributed by atoms with Crippen LogP contribution in [0.5, 0.6) is 0 Å². The molecule has 0 saturated carbocycles. The normalized spacial score (nSPS) is 12.2. The van der Waals surface area contributed by atoms with Gasteiger partial charge in [0.2, 0.25) is 0 Å². The lowest BCUT2D eigenvalue weighted by atomic mass is 10.1. The molecule has 0 aliphatic heterocycles. The van der Waals surface area contributed by atoms with E-state index in [1.165, 1.54) is 17.8 Å². The van der Waals surface area contributed by atoms with Crippen LogP contribution in [0.2, 0.25) is 0 Å². The van der Waals surface area contributed by atoms with Gasteiger partial charge in [0.15, 0.2) is 0 Å². The largest absolute Gasteiger partial charge is 0.416 e. The van der Waals surface area contributed by atoms with Crippen molar-refractivity contribution in [2.75, 3.05) is 0 Å². The second-order valence-electron chi connectivity index (χ2n) is 3.64. The maximum atomic E-state index is 12.6. The van der Waals surface area contributed by atoms with Crippen LogP contribution in [0.15, 0.2) is 23.1 Å². The molecule has 0 heterocycles. The number of rotatable bonds is 3. The molecule has 0 spiro atoms. The number of aliphatic hydroxyl groups is 1. The molecule has 0 aromatic heterocycles. The minimum Gasteiger partial charge on any atom is -0.392 e. The van der Waals surface area contributed by atoms with Gasteiger partial charge < -0.3 is 5.11 Å².